The van der Waals surface area contributed by atoms with Crippen molar-refractivity contribution in [3.05, 3.63) is 89.5 Å². The Morgan fingerprint density at radius 1 is 0.946 bits per heavy atom. The number of nitrogens with two attached hydrogens (primary N) is 1. The van der Waals surface area contributed by atoms with Crippen LogP contribution in [0.4, 0.5) is 20.2 Å². The first-order valence-corrected chi connectivity index (χ1v) is 12.1. The van der Waals surface area contributed by atoms with E-state index in [9.17, 15) is 18.7 Å². The van der Waals surface area contributed by atoms with Crippen LogP contribution in [-0.4, -0.2) is 61.2 Å². The number of hydrogen-bond acceptors (Lipinski definition) is 6. The highest BCUT2D eigenvalue weighted by atomic mass is 35.5. The van der Waals surface area contributed by atoms with Crippen molar-refractivity contribution in [3.8, 4) is 5.75 Å². The van der Waals surface area contributed by atoms with Crippen LogP contribution >= 0.6 is 12.4 Å². The lowest BCUT2D eigenvalue weighted by molar-refractivity contribution is 0.0655. The van der Waals surface area contributed by atoms with E-state index < -0.39 is 11.9 Å². The third-order valence-corrected chi connectivity index (χ3v) is 6.33. The van der Waals surface area contributed by atoms with Crippen molar-refractivity contribution < 1.29 is 23.4 Å². The molecule has 4 rings (SSSR count). The molecule has 198 valence electrons. The molecule has 3 aromatic rings. The summed E-state index contributed by atoms with van der Waals surface area (Å²) in [6, 6.07) is 17.5. The molecule has 0 aromatic heterocycles. The number of ketones is 1. The molecule has 1 aliphatic heterocycles. The molecule has 9 heteroatoms. The van der Waals surface area contributed by atoms with Crippen molar-refractivity contribution in [3.63, 3.8) is 0 Å². The average molecular weight is 532 g/mol. The Morgan fingerprint density at radius 3 is 2.27 bits per heavy atom. The van der Waals surface area contributed by atoms with Crippen molar-refractivity contribution >= 4 is 29.6 Å². The fourth-order valence-electron chi connectivity index (χ4n) is 4.30. The Kier molecular flexibility index (Phi) is 10.3. The molecule has 1 atom stereocenters. The lowest BCUT2D eigenvalue weighted by atomic mass is 10.0. The van der Waals surface area contributed by atoms with Gasteiger partial charge in [-0.2, -0.15) is 0 Å². The van der Waals surface area contributed by atoms with Crippen molar-refractivity contribution in [2.24, 2.45) is 0 Å². The molecule has 1 unspecified atom stereocenters. The van der Waals surface area contributed by atoms with E-state index in [0.29, 0.717) is 13.0 Å². The SMILES string of the molecule is Cl.Nc1ccc(N2CCN(CC(O)COc3ccc(F)cc3C(=O)CCc3ccc(F)cc3)CC2)cc1. The van der Waals surface area contributed by atoms with Crippen LogP contribution in [0.5, 0.6) is 5.75 Å². The molecule has 37 heavy (non-hydrogen) atoms. The smallest absolute Gasteiger partial charge is 0.167 e. The summed E-state index contributed by atoms with van der Waals surface area (Å²) in [5, 5.41) is 10.6. The number of rotatable bonds is 10. The number of aliphatic hydroxyl groups excluding tert-OH is 1. The fourth-order valence-corrected chi connectivity index (χ4v) is 4.30. The summed E-state index contributed by atoms with van der Waals surface area (Å²) in [6.07, 6.45) is -0.230. The predicted octanol–water partition coefficient (Wildman–Crippen LogP) is 4.35. The number of hydrogen-bond donors (Lipinski definition) is 2. The van der Waals surface area contributed by atoms with Crippen molar-refractivity contribution in [1.82, 2.24) is 4.90 Å². The lowest BCUT2D eigenvalue weighted by Gasteiger charge is -2.36. The molecule has 3 N–H and O–H groups in total. The zero-order valence-electron chi connectivity index (χ0n) is 20.5. The van der Waals surface area contributed by atoms with E-state index in [4.69, 9.17) is 10.5 Å². The summed E-state index contributed by atoms with van der Waals surface area (Å²) in [6.45, 7) is 3.69. The Morgan fingerprint density at radius 2 is 1.59 bits per heavy atom. The van der Waals surface area contributed by atoms with Crippen LogP contribution in [0.15, 0.2) is 66.7 Å². The van der Waals surface area contributed by atoms with Gasteiger partial charge in [0.1, 0.15) is 30.1 Å². The number of benzene rings is 3. The van der Waals surface area contributed by atoms with E-state index in [-0.39, 0.29) is 48.3 Å². The van der Waals surface area contributed by atoms with E-state index in [1.807, 2.05) is 24.3 Å². The molecule has 0 amide bonds. The molecule has 1 saturated heterocycles. The van der Waals surface area contributed by atoms with Crippen LogP contribution in [0.2, 0.25) is 0 Å². The molecular weight excluding hydrogens is 500 g/mol. The van der Waals surface area contributed by atoms with E-state index in [1.54, 1.807) is 12.1 Å². The molecule has 0 radical (unpaired) electrons. The minimum absolute atomic E-state index is 0. The molecule has 1 aliphatic rings. The first-order chi connectivity index (χ1) is 17.4. The number of aryl methyl sites for hydroxylation is 1. The van der Waals surface area contributed by atoms with Gasteiger partial charge in [-0.3, -0.25) is 9.69 Å². The number of piperazine rings is 1. The van der Waals surface area contributed by atoms with Crippen molar-refractivity contribution in [1.29, 1.82) is 0 Å². The summed E-state index contributed by atoms with van der Waals surface area (Å²) in [5.74, 6) is -0.907. The highest BCUT2D eigenvalue weighted by molar-refractivity contribution is 5.98. The highest BCUT2D eigenvalue weighted by Crippen LogP contribution is 2.23. The minimum atomic E-state index is -0.764. The number of Topliss-reactive ketones (excluding diaryl/α,β-unsaturated/α-hetero) is 1. The number of anilines is 2. The van der Waals surface area contributed by atoms with E-state index in [2.05, 4.69) is 9.80 Å². The van der Waals surface area contributed by atoms with Gasteiger partial charge in [-0.25, -0.2) is 8.78 Å². The lowest BCUT2D eigenvalue weighted by Crippen LogP contribution is -2.49. The number of carbonyl (C=O) groups is 1. The zero-order chi connectivity index (χ0) is 25.5. The van der Waals surface area contributed by atoms with Gasteiger partial charge >= 0.3 is 0 Å². The summed E-state index contributed by atoms with van der Waals surface area (Å²) in [5.41, 5.74) is 8.58. The maximum Gasteiger partial charge on any atom is 0.167 e. The molecule has 1 fully saturated rings. The molecule has 0 aliphatic carbocycles. The maximum absolute atomic E-state index is 13.9. The molecule has 0 spiro atoms. The minimum Gasteiger partial charge on any atom is -0.490 e. The van der Waals surface area contributed by atoms with Gasteiger partial charge in [-0.1, -0.05) is 12.1 Å². The Hall–Kier alpha value is -3.20. The molecule has 1 heterocycles. The number of nitrogen functional groups attached to an aromatic ring is 1. The number of halogens is 3. The van der Waals surface area contributed by atoms with Crippen LogP contribution in [-0.2, 0) is 6.42 Å². The number of β-amino-alcohol motifs (C(OH)–C–C–N with tert-alkyl or cyclic N) is 1. The van der Waals surface area contributed by atoms with E-state index >= 15 is 0 Å². The average Bonchev–Trinajstić information content (AvgIpc) is 2.88. The molecule has 0 saturated carbocycles. The van der Waals surface area contributed by atoms with Gasteiger partial charge in [-0.05, 0) is 66.6 Å². The number of aliphatic hydroxyl groups is 1. The summed E-state index contributed by atoms with van der Waals surface area (Å²) < 4.78 is 32.7. The number of nitrogens with zero attached hydrogens (tertiary/aromatic N) is 2. The van der Waals surface area contributed by atoms with Gasteiger partial charge in [0.25, 0.3) is 0 Å². The van der Waals surface area contributed by atoms with Crippen LogP contribution in [0.25, 0.3) is 0 Å². The normalized spacial score (nSPS) is 14.6. The third kappa shape index (κ3) is 8.15. The van der Waals surface area contributed by atoms with Gasteiger partial charge < -0.3 is 20.5 Å². The Labute approximate surface area is 222 Å². The second kappa shape index (κ2) is 13.4. The summed E-state index contributed by atoms with van der Waals surface area (Å²) >= 11 is 0. The molecule has 6 nitrogen and oxygen atoms in total. The van der Waals surface area contributed by atoms with Gasteiger partial charge in [0.05, 0.1) is 5.56 Å². The van der Waals surface area contributed by atoms with Gasteiger partial charge in [0.15, 0.2) is 5.78 Å². The first kappa shape index (κ1) is 28.4. The van der Waals surface area contributed by atoms with Crippen LogP contribution in [0.3, 0.4) is 0 Å². The summed E-state index contributed by atoms with van der Waals surface area (Å²) in [7, 11) is 0. The zero-order valence-corrected chi connectivity index (χ0v) is 21.3. The quantitative estimate of drug-likeness (QED) is 0.299. The predicted molar refractivity (Wildman–Crippen MR) is 144 cm³/mol. The maximum atomic E-state index is 13.9. The number of ether oxygens (including phenoxy) is 1. The van der Waals surface area contributed by atoms with Crippen molar-refractivity contribution in [2.75, 3.05) is 50.0 Å². The van der Waals surface area contributed by atoms with Gasteiger partial charge in [0.2, 0.25) is 0 Å². The molecular formula is C28H32ClF2N3O3. The fraction of sp³-hybridized carbons (Fsp3) is 0.321. The number of carbonyl (C=O) groups excluding carboxylic acids is 1. The second-order valence-electron chi connectivity index (χ2n) is 9.03. The first-order valence-electron chi connectivity index (χ1n) is 12.1. The summed E-state index contributed by atoms with van der Waals surface area (Å²) in [4.78, 5) is 17.2. The largest absolute Gasteiger partial charge is 0.490 e. The van der Waals surface area contributed by atoms with Crippen molar-refractivity contribution in [2.45, 2.75) is 18.9 Å². The topological polar surface area (TPSA) is 79.0 Å². The van der Waals surface area contributed by atoms with Gasteiger partial charge in [0, 0.05) is 50.5 Å². The highest BCUT2D eigenvalue weighted by Gasteiger charge is 2.21. The standard InChI is InChI=1S/C28H31F2N3O3.ClH/c29-21-4-1-20(2-5-21)3-11-27(35)26-17-22(30)6-12-28(26)36-19-25(34)18-32-13-15-33(16-14-32)24-9-7-23(31)8-10-24;/h1-2,4-10,12,17,25,34H,3,11,13-16,18-19,31H2;1H. The molecule has 0 bridgehead atoms. The Bertz CT molecular complexity index is 1150. The molecule has 3 aromatic carbocycles. The van der Waals surface area contributed by atoms with Crippen LogP contribution in [0.1, 0.15) is 22.3 Å². The Balaban J connectivity index is 0.00000380. The van der Waals surface area contributed by atoms with Crippen LogP contribution in [0, 0.1) is 11.6 Å². The van der Waals surface area contributed by atoms with Crippen LogP contribution < -0.4 is 15.4 Å². The van der Waals surface area contributed by atoms with E-state index in [1.165, 1.54) is 24.3 Å². The monoisotopic (exact) mass is 531 g/mol. The van der Waals surface area contributed by atoms with E-state index in [0.717, 1.165) is 49.2 Å². The third-order valence-electron chi connectivity index (χ3n) is 6.33. The second-order valence-corrected chi connectivity index (χ2v) is 9.03. The van der Waals surface area contributed by atoms with Gasteiger partial charge in [-0.15, -0.1) is 12.4 Å².